The fourth-order valence-electron chi connectivity index (χ4n) is 2.80. The quantitative estimate of drug-likeness (QED) is 0.936. The number of likely N-dealkylation sites (tertiary alicyclic amines) is 1. The Labute approximate surface area is 133 Å². The van der Waals surface area contributed by atoms with Crippen LogP contribution >= 0.6 is 11.3 Å². The molecule has 1 aliphatic rings. The van der Waals surface area contributed by atoms with Crippen molar-refractivity contribution in [1.29, 1.82) is 0 Å². The third-order valence-corrected chi connectivity index (χ3v) is 5.07. The second kappa shape index (κ2) is 6.18. The van der Waals surface area contributed by atoms with Crippen LogP contribution in [0.1, 0.15) is 30.3 Å². The van der Waals surface area contributed by atoms with E-state index in [1.807, 2.05) is 18.1 Å². The molecule has 7 heteroatoms. The predicted molar refractivity (Wildman–Crippen MR) is 84.6 cm³/mol. The number of nitrogens with zero attached hydrogens (tertiary/aromatic N) is 4. The van der Waals surface area contributed by atoms with Gasteiger partial charge < -0.3 is 10.0 Å². The molecule has 2 aromatic heterocycles. The Morgan fingerprint density at radius 3 is 3.00 bits per heavy atom. The average molecular weight is 320 g/mol. The van der Waals surface area contributed by atoms with Crippen LogP contribution in [0.4, 0.5) is 0 Å². The standard InChI is InChI=1S/C15H20N4O2S/c1-10-3-4-11(8-20)6-19(10)15(21)13-9-22-14(17-13)12-5-16-18(2)7-12/h5,7,9-11,20H,3-4,6,8H2,1-2H3. The Hall–Kier alpha value is -1.73. The zero-order valence-electron chi connectivity index (χ0n) is 12.8. The molecule has 2 unspecified atom stereocenters. The van der Waals surface area contributed by atoms with E-state index in [1.165, 1.54) is 11.3 Å². The van der Waals surface area contributed by atoms with Gasteiger partial charge in [0.1, 0.15) is 10.7 Å². The highest BCUT2D eigenvalue weighted by molar-refractivity contribution is 7.13. The molecule has 22 heavy (non-hydrogen) atoms. The lowest BCUT2D eigenvalue weighted by Crippen LogP contribution is -2.46. The molecule has 0 saturated carbocycles. The molecule has 0 bridgehead atoms. The van der Waals surface area contributed by atoms with Crippen molar-refractivity contribution in [2.24, 2.45) is 13.0 Å². The van der Waals surface area contributed by atoms with Gasteiger partial charge >= 0.3 is 0 Å². The minimum absolute atomic E-state index is 0.0444. The van der Waals surface area contributed by atoms with Crippen molar-refractivity contribution < 1.29 is 9.90 Å². The third kappa shape index (κ3) is 2.91. The van der Waals surface area contributed by atoms with Gasteiger partial charge in [0.25, 0.3) is 5.91 Å². The molecular weight excluding hydrogens is 300 g/mol. The van der Waals surface area contributed by atoms with Crippen LogP contribution in [0, 0.1) is 5.92 Å². The zero-order valence-corrected chi connectivity index (χ0v) is 13.6. The molecule has 118 valence electrons. The second-order valence-electron chi connectivity index (χ2n) is 5.87. The number of piperidine rings is 1. The van der Waals surface area contributed by atoms with Gasteiger partial charge in [-0.3, -0.25) is 9.48 Å². The molecule has 3 rings (SSSR count). The Balaban J connectivity index is 1.78. The molecule has 1 saturated heterocycles. The minimum Gasteiger partial charge on any atom is -0.396 e. The summed E-state index contributed by atoms with van der Waals surface area (Å²) in [6.45, 7) is 2.80. The summed E-state index contributed by atoms with van der Waals surface area (Å²) in [5, 5.41) is 16.1. The lowest BCUT2D eigenvalue weighted by atomic mass is 9.94. The maximum absolute atomic E-state index is 12.7. The van der Waals surface area contributed by atoms with E-state index in [2.05, 4.69) is 17.0 Å². The van der Waals surface area contributed by atoms with Crippen molar-refractivity contribution in [1.82, 2.24) is 19.7 Å². The van der Waals surface area contributed by atoms with E-state index >= 15 is 0 Å². The maximum Gasteiger partial charge on any atom is 0.273 e. The van der Waals surface area contributed by atoms with Crippen molar-refractivity contribution in [3.8, 4) is 10.6 Å². The fourth-order valence-corrected chi connectivity index (χ4v) is 3.57. The van der Waals surface area contributed by atoms with Crippen LogP contribution in [-0.4, -0.2) is 49.9 Å². The first-order chi connectivity index (χ1) is 10.6. The average Bonchev–Trinajstić information content (AvgIpc) is 3.16. The van der Waals surface area contributed by atoms with Crippen LogP contribution < -0.4 is 0 Å². The number of hydrogen-bond acceptors (Lipinski definition) is 5. The zero-order chi connectivity index (χ0) is 15.7. The Morgan fingerprint density at radius 1 is 1.50 bits per heavy atom. The topological polar surface area (TPSA) is 71.2 Å². The first-order valence-electron chi connectivity index (χ1n) is 7.45. The number of aromatic nitrogens is 3. The van der Waals surface area contributed by atoms with Gasteiger partial charge in [-0.2, -0.15) is 5.10 Å². The summed E-state index contributed by atoms with van der Waals surface area (Å²) in [7, 11) is 1.85. The lowest BCUT2D eigenvalue weighted by Gasteiger charge is -2.37. The van der Waals surface area contributed by atoms with E-state index in [0.717, 1.165) is 23.4 Å². The normalized spacial score (nSPS) is 22.0. The molecule has 1 fully saturated rings. The van der Waals surface area contributed by atoms with Gasteiger partial charge in [0.2, 0.25) is 0 Å². The van der Waals surface area contributed by atoms with Crippen LogP contribution in [0.25, 0.3) is 10.6 Å². The highest BCUT2D eigenvalue weighted by Gasteiger charge is 2.30. The Bertz CT molecular complexity index is 666. The van der Waals surface area contributed by atoms with Gasteiger partial charge in [-0.05, 0) is 25.7 Å². The molecule has 0 radical (unpaired) electrons. The number of carbonyl (C=O) groups excluding carboxylic acids is 1. The fraction of sp³-hybridized carbons (Fsp3) is 0.533. The summed E-state index contributed by atoms with van der Waals surface area (Å²) in [4.78, 5) is 19.0. The van der Waals surface area contributed by atoms with Crippen molar-refractivity contribution in [2.75, 3.05) is 13.2 Å². The largest absolute Gasteiger partial charge is 0.396 e. The SMILES string of the molecule is CC1CCC(CO)CN1C(=O)c1csc(-c2cnn(C)c2)n1. The molecule has 1 N–H and O–H groups in total. The molecule has 0 aromatic carbocycles. The van der Waals surface area contributed by atoms with Crippen LogP contribution in [0.15, 0.2) is 17.8 Å². The lowest BCUT2D eigenvalue weighted by molar-refractivity contribution is 0.0484. The summed E-state index contributed by atoms with van der Waals surface area (Å²) < 4.78 is 1.72. The number of hydrogen-bond donors (Lipinski definition) is 1. The van der Waals surface area contributed by atoms with Crippen molar-refractivity contribution in [3.05, 3.63) is 23.5 Å². The van der Waals surface area contributed by atoms with Crippen molar-refractivity contribution in [3.63, 3.8) is 0 Å². The smallest absolute Gasteiger partial charge is 0.273 e. The third-order valence-electron chi connectivity index (χ3n) is 4.17. The first-order valence-corrected chi connectivity index (χ1v) is 8.33. The van der Waals surface area contributed by atoms with E-state index in [9.17, 15) is 9.90 Å². The molecule has 0 spiro atoms. The molecule has 2 atom stereocenters. The van der Waals surface area contributed by atoms with Crippen molar-refractivity contribution >= 4 is 17.2 Å². The number of rotatable bonds is 3. The van der Waals surface area contributed by atoms with E-state index in [-0.39, 0.29) is 24.5 Å². The van der Waals surface area contributed by atoms with E-state index < -0.39 is 0 Å². The van der Waals surface area contributed by atoms with Crippen molar-refractivity contribution in [2.45, 2.75) is 25.8 Å². The van der Waals surface area contributed by atoms with Crippen LogP contribution in [0.3, 0.4) is 0 Å². The number of aliphatic hydroxyl groups is 1. The molecule has 2 aromatic rings. The molecule has 1 aliphatic heterocycles. The number of aryl methyl sites for hydroxylation is 1. The number of amides is 1. The van der Waals surface area contributed by atoms with Crippen LogP contribution in [0.5, 0.6) is 0 Å². The van der Waals surface area contributed by atoms with Gasteiger partial charge in [-0.1, -0.05) is 0 Å². The number of thiazole rings is 1. The minimum atomic E-state index is -0.0444. The highest BCUT2D eigenvalue weighted by Crippen LogP contribution is 2.27. The molecular formula is C15H20N4O2S. The monoisotopic (exact) mass is 320 g/mol. The Morgan fingerprint density at radius 2 is 2.32 bits per heavy atom. The summed E-state index contributed by atoms with van der Waals surface area (Å²) in [6, 6.07) is 0.193. The summed E-state index contributed by atoms with van der Waals surface area (Å²) in [6.07, 6.45) is 5.53. The summed E-state index contributed by atoms with van der Waals surface area (Å²) >= 11 is 1.45. The van der Waals surface area contributed by atoms with Gasteiger partial charge in [-0.25, -0.2) is 4.98 Å². The molecule has 0 aliphatic carbocycles. The number of aliphatic hydroxyl groups excluding tert-OH is 1. The Kier molecular flexibility index (Phi) is 4.26. The summed E-state index contributed by atoms with van der Waals surface area (Å²) in [5.74, 6) is 0.133. The first kappa shape index (κ1) is 15.2. The molecule has 3 heterocycles. The predicted octanol–water partition coefficient (Wildman–Crippen LogP) is 1.78. The van der Waals surface area contributed by atoms with Gasteiger partial charge in [0, 0.05) is 43.4 Å². The maximum atomic E-state index is 12.7. The van der Waals surface area contributed by atoms with E-state index in [4.69, 9.17) is 0 Å². The van der Waals surface area contributed by atoms with Gasteiger partial charge in [0.05, 0.1) is 6.20 Å². The molecule has 1 amide bonds. The summed E-state index contributed by atoms with van der Waals surface area (Å²) in [5.41, 5.74) is 1.40. The van der Waals surface area contributed by atoms with Crippen LogP contribution in [-0.2, 0) is 7.05 Å². The van der Waals surface area contributed by atoms with E-state index in [0.29, 0.717) is 12.2 Å². The van der Waals surface area contributed by atoms with Gasteiger partial charge in [-0.15, -0.1) is 11.3 Å². The molecule has 6 nitrogen and oxygen atoms in total. The van der Waals surface area contributed by atoms with Crippen LogP contribution in [0.2, 0.25) is 0 Å². The van der Waals surface area contributed by atoms with Gasteiger partial charge in [0.15, 0.2) is 0 Å². The number of carbonyl (C=O) groups is 1. The van der Waals surface area contributed by atoms with E-state index in [1.54, 1.807) is 16.3 Å². The second-order valence-corrected chi connectivity index (χ2v) is 6.73. The highest BCUT2D eigenvalue weighted by atomic mass is 32.1.